The van der Waals surface area contributed by atoms with Crippen molar-refractivity contribution >= 4 is 11.9 Å². The van der Waals surface area contributed by atoms with Crippen LogP contribution >= 0.6 is 0 Å². The third-order valence-electron chi connectivity index (χ3n) is 4.00. The summed E-state index contributed by atoms with van der Waals surface area (Å²) in [7, 11) is 0. The van der Waals surface area contributed by atoms with Gasteiger partial charge in [0.1, 0.15) is 5.75 Å². The minimum absolute atomic E-state index is 0.0991. The van der Waals surface area contributed by atoms with E-state index in [9.17, 15) is 19.8 Å². The molecule has 1 fully saturated rings. The molecule has 1 aromatic carbocycles. The molecule has 1 aliphatic carbocycles. The highest BCUT2D eigenvalue weighted by molar-refractivity contribution is 5.97. The van der Waals surface area contributed by atoms with Gasteiger partial charge in [-0.1, -0.05) is 31.4 Å². The molecule has 3 N–H and O–H groups in total. The highest BCUT2D eigenvalue weighted by Crippen LogP contribution is 2.36. The fraction of sp³-hybridized carbons (Fsp3) is 0.467. The number of rotatable bonds is 4. The Morgan fingerprint density at radius 1 is 1.15 bits per heavy atom. The summed E-state index contributed by atoms with van der Waals surface area (Å²) in [6.45, 7) is 0.107. The number of phenolic OH excluding ortho intramolecular Hbond substituents is 1. The maximum absolute atomic E-state index is 12.0. The van der Waals surface area contributed by atoms with Gasteiger partial charge in [0.2, 0.25) is 0 Å². The Labute approximate surface area is 117 Å². The normalized spacial score (nSPS) is 17.4. The van der Waals surface area contributed by atoms with Crippen LogP contribution in [0.1, 0.15) is 42.5 Å². The van der Waals surface area contributed by atoms with Gasteiger partial charge >= 0.3 is 5.97 Å². The minimum atomic E-state index is -0.863. The van der Waals surface area contributed by atoms with Crippen LogP contribution in [0, 0.1) is 5.41 Å². The van der Waals surface area contributed by atoms with Crippen LogP contribution in [0.3, 0.4) is 0 Å². The number of hydrogen-bond acceptors (Lipinski definition) is 3. The van der Waals surface area contributed by atoms with Gasteiger partial charge in [0.25, 0.3) is 5.91 Å². The first-order valence-corrected chi connectivity index (χ1v) is 6.85. The number of aliphatic carboxylic acids is 1. The summed E-state index contributed by atoms with van der Waals surface area (Å²) < 4.78 is 0. The third kappa shape index (κ3) is 2.92. The van der Waals surface area contributed by atoms with Crippen molar-refractivity contribution in [3.8, 4) is 5.75 Å². The van der Waals surface area contributed by atoms with E-state index < -0.39 is 17.3 Å². The smallest absolute Gasteiger partial charge is 0.311 e. The van der Waals surface area contributed by atoms with E-state index in [4.69, 9.17) is 0 Å². The number of nitrogens with one attached hydrogen (secondary N) is 1. The summed E-state index contributed by atoms with van der Waals surface area (Å²) in [6.07, 6.45) is 3.97. The molecule has 20 heavy (non-hydrogen) atoms. The first kappa shape index (κ1) is 14.4. The van der Waals surface area contributed by atoms with Crippen LogP contribution < -0.4 is 5.32 Å². The molecule has 0 unspecified atom stereocenters. The first-order valence-electron chi connectivity index (χ1n) is 6.85. The number of para-hydroxylation sites is 1. The lowest BCUT2D eigenvalue weighted by Crippen LogP contribution is -2.44. The van der Waals surface area contributed by atoms with Gasteiger partial charge in [-0.05, 0) is 25.0 Å². The summed E-state index contributed by atoms with van der Waals surface area (Å²) in [5.74, 6) is -1.39. The van der Waals surface area contributed by atoms with E-state index in [1.165, 1.54) is 12.1 Å². The van der Waals surface area contributed by atoms with Gasteiger partial charge in [-0.2, -0.15) is 0 Å². The Hall–Kier alpha value is -2.04. The van der Waals surface area contributed by atoms with Crippen LogP contribution in [0.4, 0.5) is 0 Å². The van der Waals surface area contributed by atoms with E-state index in [-0.39, 0.29) is 17.9 Å². The number of carboxylic acid groups (broad SMARTS) is 1. The zero-order chi connectivity index (χ0) is 14.6. The van der Waals surface area contributed by atoms with E-state index in [0.717, 1.165) is 19.3 Å². The van der Waals surface area contributed by atoms with Gasteiger partial charge in [0, 0.05) is 6.54 Å². The molecule has 5 heteroatoms. The van der Waals surface area contributed by atoms with Crippen molar-refractivity contribution in [3.05, 3.63) is 29.8 Å². The molecule has 0 radical (unpaired) electrons. The van der Waals surface area contributed by atoms with Crippen molar-refractivity contribution in [2.75, 3.05) is 6.54 Å². The zero-order valence-corrected chi connectivity index (χ0v) is 11.3. The molecule has 2 rings (SSSR count). The van der Waals surface area contributed by atoms with Crippen molar-refractivity contribution in [3.63, 3.8) is 0 Å². The van der Waals surface area contributed by atoms with Crippen molar-refractivity contribution in [2.45, 2.75) is 32.1 Å². The maximum atomic E-state index is 12.0. The van der Waals surface area contributed by atoms with Crippen molar-refractivity contribution in [1.82, 2.24) is 5.32 Å². The van der Waals surface area contributed by atoms with Crippen LogP contribution in [0.5, 0.6) is 5.75 Å². The molecular formula is C15H19NO4. The Balaban J connectivity index is 2.05. The van der Waals surface area contributed by atoms with Crippen molar-refractivity contribution in [1.29, 1.82) is 0 Å². The number of aromatic hydroxyl groups is 1. The van der Waals surface area contributed by atoms with E-state index in [0.29, 0.717) is 12.8 Å². The average Bonchev–Trinajstić information content (AvgIpc) is 2.46. The van der Waals surface area contributed by atoms with E-state index >= 15 is 0 Å². The zero-order valence-electron chi connectivity index (χ0n) is 11.3. The topological polar surface area (TPSA) is 86.6 Å². The number of hydrogen-bond donors (Lipinski definition) is 3. The fourth-order valence-corrected chi connectivity index (χ4v) is 2.71. The summed E-state index contributed by atoms with van der Waals surface area (Å²) in [6, 6.07) is 6.23. The van der Waals surface area contributed by atoms with Gasteiger partial charge in [0.05, 0.1) is 11.0 Å². The molecule has 1 saturated carbocycles. The summed E-state index contributed by atoms with van der Waals surface area (Å²) in [4.78, 5) is 23.5. The standard InChI is InChI=1S/C15H19NO4/c17-12-7-3-2-6-11(12)13(18)16-10-15(14(19)20)8-4-1-5-9-15/h2-3,6-7,17H,1,4-5,8-10H2,(H,16,18)(H,19,20). The van der Waals surface area contributed by atoms with Gasteiger partial charge in [-0.15, -0.1) is 0 Å². The van der Waals surface area contributed by atoms with Crippen molar-refractivity contribution < 1.29 is 19.8 Å². The second-order valence-electron chi connectivity index (χ2n) is 5.35. The number of benzene rings is 1. The van der Waals surface area contributed by atoms with Gasteiger partial charge in [0.15, 0.2) is 0 Å². The molecular weight excluding hydrogens is 258 g/mol. The minimum Gasteiger partial charge on any atom is -0.507 e. The molecule has 0 heterocycles. The highest BCUT2D eigenvalue weighted by atomic mass is 16.4. The van der Waals surface area contributed by atoms with E-state index in [2.05, 4.69) is 5.32 Å². The molecule has 5 nitrogen and oxygen atoms in total. The van der Waals surface area contributed by atoms with Crippen LogP contribution in [0.15, 0.2) is 24.3 Å². The summed E-state index contributed by atoms with van der Waals surface area (Å²) in [5, 5.41) is 21.7. The SMILES string of the molecule is O=C(NCC1(C(=O)O)CCCCC1)c1ccccc1O. The van der Waals surface area contributed by atoms with Gasteiger partial charge < -0.3 is 15.5 Å². The van der Waals surface area contributed by atoms with E-state index in [1.807, 2.05) is 0 Å². The molecule has 0 bridgehead atoms. The lowest BCUT2D eigenvalue weighted by atomic mass is 9.74. The molecule has 1 aliphatic rings. The van der Waals surface area contributed by atoms with Crippen LogP contribution in [0.2, 0.25) is 0 Å². The number of carbonyl (C=O) groups is 2. The fourth-order valence-electron chi connectivity index (χ4n) is 2.71. The maximum Gasteiger partial charge on any atom is 0.311 e. The molecule has 1 aromatic rings. The predicted molar refractivity (Wildman–Crippen MR) is 73.6 cm³/mol. The molecule has 0 saturated heterocycles. The second kappa shape index (κ2) is 5.94. The van der Waals surface area contributed by atoms with Crippen LogP contribution in [-0.4, -0.2) is 28.6 Å². The number of carbonyl (C=O) groups excluding carboxylic acids is 1. The molecule has 0 spiro atoms. The number of amides is 1. The monoisotopic (exact) mass is 277 g/mol. The largest absolute Gasteiger partial charge is 0.507 e. The van der Waals surface area contributed by atoms with E-state index in [1.54, 1.807) is 12.1 Å². The molecule has 0 aromatic heterocycles. The van der Waals surface area contributed by atoms with Gasteiger partial charge in [-0.25, -0.2) is 0 Å². The summed E-state index contributed by atoms with van der Waals surface area (Å²) >= 11 is 0. The first-order chi connectivity index (χ1) is 9.55. The molecule has 0 aliphatic heterocycles. The predicted octanol–water partition coefficient (Wildman–Crippen LogP) is 2.16. The number of carboxylic acids is 1. The Bertz CT molecular complexity index is 506. The second-order valence-corrected chi connectivity index (χ2v) is 5.35. The third-order valence-corrected chi connectivity index (χ3v) is 4.00. The lowest BCUT2D eigenvalue weighted by molar-refractivity contribution is -0.150. The molecule has 108 valence electrons. The van der Waals surface area contributed by atoms with Crippen LogP contribution in [0.25, 0.3) is 0 Å². The number of phenols is 1. The summed E-state index contributed by atoms with van der Waals surface area (Å²) in [5.41, 5.74) is -0.693. The Kier molecular flexibility index (Phi) is 4.27. The average molecular weight is 277 g/mol. The Morgan fingerprint density at radius 3 is 2.40 bits per heavy atom. The van der Waals surface area contributed by atoms with Gasteiger partial charge in [-0.3, -0.25) is 9.59 Å². The quantitative estimate of drug-likeness (QED) is 0.787. The lowest BCUT2D eigenvalue weighted by Gasteiger charge is -2.33. The Morgan fingerprint density at radius 2 is 1.80 bits per heavy atom. The van der Waals surface area contributed by atoms with Crippen molar-refractivity contribution in [2.24, 2.45) is 5.41 Å². The molecule has 1 amide bonds. The molecule has 0 atom stereocenters. The highest BCUT2D eigenvalue weighted by Gasteiger charge is 2.39. The van der Waals surface area contributed by atoms with Crippen LogP contribution in [-0.2, 0) is 4.79 Å².